The van der Waals surface area contributed by atoms with Crippen LogP contribution in [0.1, 0.15) is 19.8 Å². The number of ether oxygens (including phenoxy) is 1. The van der Waals surface area contributed by atoms with Gasteiger partial charge in [0.15, 0.2) is 0 Å². The van der Waals surface area contributed by atoms with E-state index in [9.17, 15) is 9.18 Å². The number of carbonyl (C=O) groups is 1. The maximum Gasteiger partial charge on any atom is 0.220 e. The maximum atomic E-state index is 12.9. The molecule has 0 fully saturated rings. The molecule has 106 valence electrons. The molecule has 2 N–H and O–H groups in total. The average molecular weight is 268 g/mol. The number of rotatable bonds is 9. The number of hydrogen-bond donors (Lipinski definition) is 2. The third kappa shape index (κ3) is 7.41. The first kappa shape index (κ1) is 15.4. The van der Waals surface area contributed by atoms with Gasteiger partial charge in [-0.1, -0.05) is 13.0 Å². The van der Waals surface area contributed by atoms with E-state index in [0.29, 0.717) is 31.7 Å². The molecule has 0 unspecified atom stereocenters. The largest absolute Gasteiger partial charge is 0.493 e. The molecule has 0 saturated carbocycles. The number of halogens is 1. The first-order valence-electron chi connectivity index (χ1n) is 6.58. The van der Waals surface area contributed by atoms with Crippen molar-refractivity contribution in [3.05, 3.63) is 30.1 Å². The average Bonchev–Trinajstić information content (AvgIpc) is 2.40. The molecule has 0 aliphatic heterocycles. The van der Waals surface area contributed by atoms with Crippen LogP contribution in [-0.2, 0) is 4.79 Å². The lowest BCUT2D eigenvalue weighted by atomic mass is 10.3. The predicted molar refractivity (Wildman–Crippen MR) is 72.7 cm³/mol. The van der Waals surface area contributed by atoms with E-state index in [2.05, 4.69) is 10.6 Å². The van der Waals surface area contributed by atoms with E-state index < -0.39 is 0 Å². The highest BCUT2D eigenvalue weighted by molar-refractivity contribution is 5.75. The topological polar surface area (TPSA) is 50.4 Å². The Balaban J connectivity index is 2.05. The smallest absolute Gasteiger partial charge is 0.220 e. The molecule has 1 amide bonds. The molecular weight excluding hydrogens is 247 g/mol. The summed E-state index contributed by atoms with van der Waals surface area (Å²) in [5, 5.41) is 5.93. The lowest BCUT2D eigenvalue weighted by Gasteiger charge is -2.07. The van der Waals surface area contributed by atoms with E-state index in [-0.39, 0.29) is 11.7 Å². The Morgan fingerprint density at radius 2 is 2.21 bits per heavy atom. The Hall–Kier alpha value is -1.62. The number of likely N-dealkylation sites (N-methyl/N-ethyl adjacent to an activating group) is 1. The van der Waals surface area contributed by atoms with Gasteiger partial charge < -0.3 is 15.4 Å². The summed E-state index contributed by atoms with van der Waals surface area (Å²) in [5.74, 6) is 0.187. The van der Waals surface area contributed by atoms with Crippen LogP contribution in [-0.4, -0.2) is 32.1 Å². The number of hydrogen-bond acceptors (Lipinski definition) is 3. The fourth-order valence-electron chi connectivity index (χ4n) is 1.54. The summed E-state index contributed by atoms with van der Waals surface area (Å²) in [5.41, 5.74) is 0. The Bertz CT molecular complexity index is 385. The second kappa shape index (κ2) is 9.33. The van der Waals surface area contributed by atoms with E-state index in [1.54, 1.807) is 12.1 Å². The second-order valence-electron chi connectivity index (χ2n) is 4.11. The fraction of sp³-hybridized carbons (Fsp3) is 0.500. The first-order chi connectivity index (χ1) is 9.22. The quantitative estimate of drug-likeness (QED) is 0.670. The lowest BCUT2D eigenvalue weighted by Crippen LogP contribution is -2.31. The van der Waals surface area contributed by atoms with Crippen LogP contribution in [0.3, 0.4) is 0 Å². The van der Waals surface area contributed by atoms with E-state index in [4.69, 9.17) is 4.74 Å². The highest BCUT2D eigenvalue weighted by Gasteiger charge is 2.01. The number of nitrogens with one attached hydrogen (secondary N) is 2. The van der Waals surface area contributed by atoms with Gasteiger partial charge in [0.25, 0.3) is 0 Å². The van der Waals surface area contributed by atoms with Gasteiger partial charge in [0, 0.05) is 25.6 Å². The molecule has 0 aromatic heterocycles. The highest BCUT2D eigenvalue weighted by Crippen LogP contribution is 2.12. The normalized spacial score (nSPS) is 10.2. The second-order valence-corrected chi connectivity index (χ2v) is 4.11. The molecule has 0 heterocycles. The summed E-state index contributed by atoms with van der Waals surface area (Å²) < 4.78 is 18.2. The fourth-order valence-corrected chi connectivity index (χ4v) is 1.54. The van der Waals surface area contributed by atoms with Gasteiger partial charge in [-0.2, -0.15) is 0 Å². The molecule has 1 aromatic rings. The molecule has 0 bridgehead atoms. The van der Waals surface area contributed by atoms with E-state index in [1.807, 2.05) is 6.92 Å². The van der Waals surface area contributed by atoms with Crippen LogP contribution in [0, 0.1) is 5.82 Å². The van der Waals surface area contributed by atoms with Crippen LogP contribution in [0.2, 0.25) is 0 Å². The summed E-state index contributed by atoms with van der Waals surface area (Å²) in [6.07, 6.45) is 1.03. The van der Waals surface area contributed by atoms with Crippen LogP contribution in [0.4, 0.5) is 4.39 Å². The minimum absolute atomic E-state index is 0.0146. The third-order valence-corrected chi connectivity index (χ3v) is 2.49. The molecule has 19 heavy (non-hydrogen) atoms. The van der Waals surface area contributed by atoms with Gasteiger partial charge in [-0.3, -0.25) is 4.79 Å². The Kier molecular flexibility index (Phi) is 7.58. The zero-order chi connectivity index (χ0) is 13.9. The minimum Gasteiger partial charge on any atom is -0.493 e. The third-order valence-electron chi connectivity index (χ3n) is 2.49. The predicted octanol–water partition coefficient (Wildman–Crippen LogP) is 1.71. The molecule has 0 saturated heterocycles. The zero-order valence-corrected chi connectivity index (χ0v) is 11.2. The molecule has 0 aliphatic rings. The molecule has 1 aromatic carbocycles. The highest BCUT2D eigenvalue weighted by atomic mass is 19.1. The summed E-state index contributed by atoms with van der Waals surface area (Å²) in [6.45, 7) is 4.74. The van der Waals surface area contributed by atoms with Crippen molar-refractivity contribution in [2.45, 2.75) is 19.8 Å². The Labute approximate surface area is 113 Å². The standard InChI is InChI=1S/C14H21FN2O2/c1-2-16-8-9-17-14(18)7-4-10-19-13-6-3-5-12(15)11-13/h3,5-6,11,16H,2,4,7-10H2,1H3,(H,17,18). The van der Waals surface area contributed by atoms with Gasteiger partial charge in [-0.25, -0.2) is 4.39 Å². The van der Waals surface area contributed by atoms with Crippen LogP contribution in [0.25, 0.3) is 0 Å². The lowest BCUT2D eigenvalue weighted by molar-refractivity contribution is -0.121. The monoisotopic (exact) mass is 268 g/mol. The van der Waals surface area contributed by atoms with Crippen molar-refractivity contribution in [2.75, 3.05) is 26.2 Å². The molecular formula is C14H21FN2O2. The molecule has 0 radical (unpaired) electrons. The summed E-state index contributed by atoms with van der Waals surface area (Å²) in [4.78, 5) is 11.4. The summed E-state index contributed by atoms with van der Waals surface area (Å²) in [6, 6.07) is 5.98. The van der Waals surface area contributed by atoms with Crippen molar-refractivity contribution in [3.8, 4) is 5.75 Å². The molecule has 0 spiro atoms. The van der Waals surface area contributed by atoms with Crippen molar-refractivity contribution in [1.82, 2.24) is 10.6 Å². The van der Waals surface area contributed by atoms with Crippen molar-refractivity contribution in [1.29, 1.82) is 0 Å². The number of amides is 1. The Morgan fingerprint density at radius 1 is 1.37 bits per heavy atom. The SMILES string of the molecule is CCNCCNC(=O)CCCOc1cccc(F)c1. The van der Waals surface area contributed by atoms with Crippen molar-refractivity contribution in [3.63, 3.8) is 0 Å². The van der Waals surface area contributed by atoms with Crippen LogP contribution in [0.5, 0.6) is 5.75 Å². The van der Waals surface area contributed by atoms with Crippen LogP contribution >= 0.6 is 0 Å². The number of carbonyl (C=O) groups excluding carboxylic acids is 1. The maximum absolute atomic E-state index is 12.9. The van der Waals surface area contributed by atoms with Crippen molar-refractivity contribution >= 4 is 5.91 Å². The van der Waals surface area contributed by atoms with Gasteiger partial charge >= 0.3 is 0 Å². The van der Waals surface area contributed by atoms with E-state index in [0.717, 1.165) is 13.1 Å². The molecule has 1 rings (SSSR count). The van der Waals surface area contributed by atoms with Gasteiger partial charge in [0.1, 0.15) is 11.6 Å². The summed E-state index contributed by atoms with van der Waals surface area (Å²) in [7, 11) is 0. The molecule has 0 atom stereocenters. The molecule has 0 aliphatic carbocycles. The first-order valence-corrected chi connectivity index (χ1v) is 6.58. The van der Waals surface area contributed by atoms with Gasteiger partial charge in [0.2, 0.25) is 5.91 Å². The van der Waals surface area contributed by atoms with Crippen LogP contribution < -0.4 is 15.4 Å². The molecule has 4 nitrogen and oxygen atoms in total. The van der Waals surface area contributed by atoms with Gasteiger partial charge in [0.05, 0.1) is 6.61 Å². The zero-order valence-electron chi connectivity index (χ0n) is 11.2. The molecule has 5 heteroatoms. The number of benzene rings is 1. The van der Waals surface area contributed by atoms with Crippen molar-refractivity contribution < 1.29 is 13.9 Å². The summed E-state index contributed by atoms with van der Waals surface area (Å²) >= 11 is 0. The Morgan fingerprint density at radius 3 is 2.95 bits per heavy atom. The van der Waals surface area contributed by atoms with E-state index >= 15 is 0 Å². The van der Waals surface area contributed by atoms with Gasteiger partial charge in [-0.15, -0.1) is 0 Å². The minimum atomic E-state index is -0.321. The van der Waals surface area contributed by atoms with Gasteiger partial charge in [-0.05, 0) is 25.1 Å². The van der Waals surface area contributed by atoms with E-state index in [1.165, 1.54) is 12.1 Å². The van der Waals surface area contributed by atoms with Crippen molar-refractivity contribution in [2.24, 2.45) is 0 Å². The van der Waals surface area contributed by atoms with Crippen LogP contribution in [0.15, 0.2) is 24.3 Å².